The number of methoxy groups -OCH3 is 1. The van der Waals surface area contributed by atoms with Gasteiger partial charge in [-0.3, -0.25) is 9.59 Å². The van der Waals surface area contributed by atoms with E-state index in [9.17, 15) is 18.0 Å². The zero-order chi connectivity index (χ0) is 34.2. The second kappa shape index (κ2) is 12.4. The van der Waals surface area contributed by atoms with Crippen molar-refractivity contribution in [2.75, 3.05) is 14.2 Å². The highest BCUT2D eigenvalue weighted by atomic mass is 32.2. The number of sulfonamides is 1. The maximum absolute atomic E-state index is 14.9. The Morgan fingerprint density at radius 2 is 1.80 bits per heavy atom. The van der Waals surface area contributed by atoms with Crippen LogP contribution in [0.2, 0.25) is 0 Å². The van der Waals surface area contributed by atoms with E-state index in [0.29, 0.717) is 36.9 Å². The summed E-state index contributed by atoms with van der Waals surface area (Å²) in [6.45, 7) is 3.89. The maximum Gasteiger partial charge on any atom is 0.265 e. The summed E-state index contributed by atoms with van der Waals surface area (Å²) in [5.74, 6) is 0.308. The largest absolute Gasteiger partial charge is 0.496 e. The molecule has 3 aliphatic heterocycles. The summed E-state index contributed by atoms with van der Waals surface area (Å²) < 4.78 is 36.8. The third kappa shape index (κ3) is 5.31. The fourth-order valence-electron chi connectivity index (χ4n) is 9.97. The predicted molar refractivity (Wildman–Crippen MR) is 191 cm³/mol. The number of fused-ring (bicyclic) bond motifs is 8. The number of carbonyl (C=O) groups excluding carboxylic acids is 2. The number of hydrogen-bond acceptors (Lipinski definition) is 6. The molecule has 3 fully saturated rings. The van der Waals surface area contributed by atoms with E-state index in [4.69, 9.17) is 4.74 Å². The van der Waals surface area contributed by atoms with Crippen LogP contribution in [0.1, 0.15) is 108 Å². The fraction of sp³-hybridized carbons (Fsp3) is 0.590. The van der Waals surface area contributed by atoms with Gasteiger partial charge in [-0.25, -0.2) is 13.1 Å². The molecule has 2 bridgehead atoms. The Kier molecular flexibility index (Phi) is 8.33. The summed E-state index contributed by atoms with van der Waals surface area (Å²) in [7, 11) is -0.0893. The summed E-state index contributed by atoms with van der Waals surface area (Å²) >= 11 is 0. The van der Waals surface area contributed by atoms with Crippen molar-refractivity contribution >= 4 is 32.7 Å². The van der Waals surface area contributed by atoms with Crippen LogP contribution in [-0.4, -0.2) is 67.2 Å². The maximum atomic E-state index is 14.9. The number of ether oxygens (including phenoxy) is 1. The fourth-order valence-corrected chi connectivity index (χ4v) is 11.0. The average molecular weight is 687 g/mol. The van der Waals surface area contributed by atoms with E-state index in [2.05, 4.69) is 49.9 Å². The number of piperidine rings is 1. The molecule has 262 valence electrons. The third-order valence-corrected chi connectivity index (χ3v) is 14.6. The van der Waals surface area contributed by atoms with Gasteiger partial charge in [-0.2, -0.15) is 0 Å². The number of nitrogens with zero attached hydrogens (tertiary/aromatic N) is 2. The average Bonchev–Trinajstić information content (AvgIpc) is 3.66. The number of benzene rings is 1. The number of amides is 2. The predicted octanol–water partition coefficient (Wildman–Crippen LogP) is 5.96. The second-order valence-electron chi connectivity index (χ2n) is 15.3. The van der Waals surface area contributed by atoms with Crippen molar-refractivity contribution in [2.24, 2.45) is 5.92 Å². The highest BCUT2D eigenvalue weighted by Gasteiger charge is 2.51. The molecule has 4 unspecified atom stereocenters. The van der Waals surface area contributed by atoms with Gasteiger partial charge < -0.3 is 19.5 Å². The molecular weight excluding hydrogens is 637 g/mol. The minimum absolute atomic E-state index is 0.209. The number of aromatic nitrogens is 1. The molecule has 10 heteroatoms. The van der Waals surface area contributed by atoms with Crippen LogP contribution in [0.4, 0.5) is 0 Å². The molecule has 1 aromatic carbocycles. The van der Waals surface area contributed by atoms with Crippen molar-refractivity contribution in [1.29, 1.82) is 0 Å². The molecular formula is C39H50N4O5S. The Hall–Kier alpha value is -3.37. The highest BCUT2D eigenvalue weighted by molar-refractivity contribution is 7.90. The molecule has 0 radical (unpaired) electrons. The molecule has 2 N–H and O–H groups in total. The van der Waals surface area contributed by atoms with Gasteiger partial charge in [-0.05, 0) is 106 Å². The summed E-state index contributed by atoms with van der Waals surface area (Å²) in [5.41, 5.74) is 6.66. The van der Waals surface area contributed by atoms with Gasteiger partial charge in [0.25, 0.3) is 5.91 Å². The lowest BCUT2D eigenvalue weighted by Crippen LogP contribution is -2.53. The molecule has 49 heavy (non-hydrogen) atoms. The van der Waals surface area contributed by atoms with Crippen molar-refractivity contribution in [1.82, 2.24) is 19.5 Å². The number of rotatable bonds is 8. The van der Waals surface area contributed by atoms with E-state index in [-0.39, 0.29) is 29.8 Å². The number of nitrogens with one attached hydrogen (secondary N) is 2. The monoisotopic (exact) mass is 686 g/mol. The first-order chi connectivity index (χ1) is 23.7. The van der Waals surface area contributed by atoms with Crippen LogP contribution >= 0.6 is 0 Å². The Morgan fingerprint density at radius 3 is 2.47 bits per heavy atom. The van der Waals surface area contributed by atoms with Gasteiger partial charge >= 0.3 is 0 Å². The van der Waals surface area contributed by atoms with E-state index in [0.717, 1.165) is 77.6 Å². The standard InChI is InChI=1S/C39H50N4O5S/c1-5-22(2)49(46,47)41-38(44)36-31-21-42-32(20-30-33(48-4)17-16-27(37(30)42)23-10-7-6-8-11-23)34-28(35(31)36)12-9-13-29(34)39(45)43-25-14-15-26(43)19-24(18-25)40-3/h9,12,16-17,20,22-26,29,34,40H,5-8,10-11,13-15,18-19,21H2,1-4H3,(H,41,44)/t22?,24?,25?,26?,29-,34?/m1/s1. The van der Waals surface area contributed by atoms with Gasteiger partial charge in [0.05, 0.1) is 29.4 Å². The SMILES string of the molecule is CCC(C)S(=O)(=O)NC(=O)C1=C2Cn3c(cc4c(OC)ccc(C5CCCCC5)c43)C3C(=C21)C=CC[C@H]3C(=O)N1C2CCC1CC(NC)C2. The van der Waals surface area contributed by atoms with E-state index >= 15 is 0 Å². The van der Waals surface area contributed by atoms with E-state index in [1.807, 2.05) is 7.05 Å². The van der Waals surface area contributed by atoms with Crippen LogP contribution in [-0.2, 0) is 26.2 Å². The van der Waals surface area contributed by atoms with Crippen molar-refractivity contribution in [2.45, 2.75) is 126 Å². The molecule has 9 nitrogen and oxygen atoms in total. The van der Waals surface area contributed by atoms with Crippen LogP contribution in [0.5, 0.6) is 5.75 Å². The van der Waals surface area contributed by atoms with Gasteiger partial charge in [0, 0.05) is 41.7 Å². The van der Waals surface area contributed by atoms with Crippen molar-refractivity contribution in [3.05, 3.63) is 63.9 Å². The number of allylic oxidation sites excluding steroid dienone is 4. The summed E-state index contributed by atoms with van der Waals surface area (Å²) in [4.78, 5) is 31.0. The van der Waals surface area contributed by atoms with Crippen LogP contribution < -0.4 is 14.8 Å². The summed E-state index contributed by atoms with van der Waals surface area (Å²) in [5, 5.41) is 3.83. The number of hydrogen-bond donors (Lipinski definition) is 2. The van der Waals surface area contributed by atoms with E-state index in [1.165, 1.54) is 24.8 Å². The number of carbonyl (C=O) groups is 2. The topological polar surface area (TPSA) is 110 Å². The van der Waals surface area contributed by atoms with Crippen LogP contribution in [0, 0.1) is 5.92 Å². The Bertz CT molecular complexity index is 1900. The van der Waals surface area contributed by atoms with Crippen molar-refractivity contribution < 1.29 is 22.7 Å². The second-order valence-corrected chi connectivity index (χ2v) is 17.4. The van der Waals surface area contributed by atoms with Crippen LogP contribution in [0.15, 0.2) is 52.6 Å². The molecule has 1 saturated carbocycles. The van der Waals surface area contributed by atoms with Gasteiger partial charge in [-0.1, -0.05) is 44.4 Å². The molecule has 2 amide bonds. The lowest BCUT2D eigenvalue weighted by Gasteiger charge is -2.42. The van der Waals surface area contributed by atoms with Crippen LogP contribution in [0.3, 0.4) is 0 Å². The van der Waals surface area contributed by atoms with Gasteiger partial charge in [0.15, 0.2) is 0 Å². The first-order valence-electron chi connectivity index (χ1n) is 18.6. The van der Waals surface area contributed by atoms with Gasteiger partial charge in [0.2, 0.25) is 15.9 Å². The molecule has 4 heterocycles. The molecule has 1 aromatic heterocycles. The molecule has 6 aliphatic rings. The molecule has 2 aromatic rings. The first-order valence-corrected chi connectivity index (χ1v) is 20.1. The van der Waals surface area contributed by atoms with Crippen molar-refractivity contribution in [3.8, 4) is 5.75 Å². The Morgan fingerprint density at radius 1 is 1.06 bits per heavy atom. The summed E-state index contributed by atoms with van der Waals surface area (Å²) in [6.07, 6.45) is 15.2. The minimum atomic E-state index is -3.82. The summed E-state index contributed by atoms with van der Waals surface area (Å²) in [6, 6.07) is 7.49. The lowest BCUT2D eigenvalue weighted by molar-refractivity contribution is -0.141. The van der Waals surface area contributed by atoms with E-state index in [1.54, 1.807) is 21.0 Å². The molecule has 2 saturated heterocycles. The highest BCUT2D eigenvalue weighted by Crippen LogP contribution is 2.56. The molecule has 8 rings (SSSR count). The lowest BCUT2D eigenvalue weighted by atomic mass is 9.75. The zero-order valence-electron chi connectivity index (χ0n) is 29.3. The zero-order valence-corrected chi connectivity index (χ0v) is 30.1. The third-order valence-electron chi connectivity index (χ3n) is 12.8. The van der Waals surface area contributed by atoms with E-state index < -0.39 is 21.2 Å². The quantitative estimate of drug-likeness (QED) is 0.355. The molecule has 3 aliphatic carbocycles. The van der Waals surface area contributed by atoms with Crippen molar-refractivity contribution in [3.63, 3.8) is 0 Å². The van der Waals surface area contributed by atoms with Gasteiger partial charge in [-0.15, -0.1) is 0 Å². The smallest absolute Gasteiger partial charge is 0.265 e. The Balaban J connectivity index is 1.28. The minimum Gasteiger partial charge on any atom is -0.496 e. The Labute approximate surface area is 290 Å². The first kappa shape index (κ1) is 32.8. The normalized spacial score (nSPS) is 28.6. The molecule has 0 spiro atoms. The van der Waals surface area contributed by atoms with Crippen LogP contribution in [0.25, 0.3) is 10.9 Å². The van der Waals surface area contributed by atoms with Gasteiger partial charge in [0.1, 0.15) is 5.75 Å². The molecule has 5 atom stereocenters.